The molecule has 0 bridgehead atoms. The van der Waals surface area contributed by atoms with E-state index in [0.29, 0.717) is 12.8 Å². The van der Waals surface area contributed by atoms with Crippen molar-refractivity contribution in [1.29, 1.82) is 0 Å². The minimum Gasteiger partial charge on any atom is -0.394 e. The first kappa shape index (κ1) is 38.8. The van der Waals surface area contributed by atoms with Crippen molar-refractivity contribution in [2.75, 3.05) is 6.61 Å². The number of aliphatic hydroxyl groups excluding tert-OH is 3. The molecule has 0 saturated carbocycles. The number of nitrogens with one attached hydrogen (secondary N) is 1. The van der Waals surface area contributed by atoms with E-state index in [1.807, 2.05) is 0 Å². The van der Waals surface area contributed by atoms with Gasteiger partial charge in [-0.3, -0.25) is 4.79 Å². The summed E-state index contributed by atoms with van der Waals surface area (Å²) in [6, 6.07) is -0.823. The third kappa shape index (κ3) is 25.8. The van der Waals surface area contributed by atoms with Crippen LogP contribution in [0.2, 0.25) is 0 Å². The topological polar surface area (TPSA) is 89.8 Å². The van der Waals surface area contributed by atoms with Gasteiger partial charge in [0.15, 0.2) is 0 Å². The van der Waals surface area contributed by atoms with Crippen LogP contribution in [0, 0.1) is 0 Å². The van der Waals surface area contributed by atoms with Crippen LogP contribution < -0.4 is 5.32 Å². The molecule has 0 spiro atoms. The summed E-state index contributed by atoms with van der Waals surface area (Å²) in [6.07, 6.45) is 34.2. The molecule has 0 aliphatic rings. The van der Waals surface area contributed by atoms with Crippen LogP contribution in [0.15, 0.2) is 24.3 Å². The van der Waals surface area contributed by atoms with E-state index in [2.05, 4.69) is 43.5 Å². The Hall–Kier alpha value is -1.17. The SMILES string of the molecule is CCCCCC/C=C/CCCC(O)C(O)C(CO)NC(=O)CCCCCCCCC/C=C\CCCCCCCC. The number of hydrogen-bond acceptors (Lipinski definition) is 4. The van der Waals surface area contributed by atoms with Gasteiger partial charge < -0.3 is 20.6 Å². The maximum Gasteiger partial charge on any atom is 0.220 e. The van der Waals surface area contributed by atoms with E-state index in [1.165, 1.54) is 103 Å². The van der Waals surface area contributed by atoms with Crippen molar-refractivity contribution in [3.8, 4) is 0 Å². The second-order valence-corrected chi connectivity index (χ2v) is 11.7. The molecule has 3 unspecified atom stereocenters. The number of allylic oxidation sites excluding steroid dienone is 4. The zero-order valence-corrected chi connectivity index (χ0v) is 26.5. The second kappa shape index (κ2) is 30.8. The smallest absolute Gasteiger partial charge is 0.220 e. The Morgan fingerprint density at radius 1 is 0.600 bits per heavy atom. The third-order valence-electron chi connectivity index (χ3n) is 7.78. The number of rotatable bonds is 30. The fourth-order valence-electron chi connectivity index (χ4n) is 5.04. The lowest BCUT2D eigenvalue weighted by molar-refractivity contribution is -0.124. The van der Waals surface area contributed by atoms with Gasteiger partial charge in [0.25, 0.3) is 0 Å². The Morgan fingerprint density at radius 3 is 1.48 bits per heavy atom. The summed E-state index contributed by atoms with van der Waals surface area (Å²) in [4.78, 5) is 12.3. The van der Waals surface area contributed by atoms with Crippen LogP contribution in [0.4, 0.5) is 0 Å². The predicted octanol–water partition coefficient (Wildman–Crippen LogP) is 8.70. The molecule has 40 heavy (non-hydrogen) atoms. The van der Waals surface area contributed by atoms with Gasteiger partial charge in [-0.25, -0.2) is 0 Å². The number of carbonyl (C=O) groups excluding carboxylic acids is 1. The van der Waals surface area contributed by atoms with E-state index in [1.54, 1.807) is 0 Å². The first-order valence-corrected chi connectivity index (χ1v) is 17.1. The average Bonchev–Trinajstić information content (AvgIpc) is 2.96. The summed E-state index contributed by atoms with van der Waals surface area (Å²) >= 11 is 0. The average molecular weight is 566 g/mol. The molecule has 0 saturated heterocycles. The molecule has 0 rings (SSSR count). The van der Waals surface area contributed by atoms with E-state index < -0.39 is 18.2 Å². The third-order valence-corrected chi connectivity index (χ3v) is 7.78. The predicted molar refractivity (Wildman–Crippen MR) is 171 cm³/mol. The van der Waals surface area contributed by atoms with Gasteiger partial charge in [-0.15, -0.1) is 0 Å². The van der Waals surface area contributed by atoms with Crippen LogP contribution in [0.5, 0.6) is 0 Å². The number of unbranched alkanes of at least 4 members (excludes halogenated alkanes) is 18. The molecule has 4 N–H and O–H groups in total. The van der Waals surface area contributed by atoms with Gasteiger partial charge in [0, 0.05) is 6.42 Å². The van der Waals surface area contributed by atoms with Gasteiger partial charge in [-0.05, 0) is 64.2 Å². The highest BCUT2D eigenvalue weighted by Crippen LogP contribution is 2.13. The van der Waals surface area contributed by atoms with Crippen LogP contribution >= 0.6 is 0 Å². The normalized spacial score (nSPS) is 14.2. The molecular formula is C35H67NO4. The van der Waals surface area contributed by atoms with E-state index in [9.17, 15) is 20.1 Å². The number of hydrogen-bond donors (Lipinski definition) is 4. The lowest BCUT2D eigenvalue weighted by atomic mass is 10.0. The van der Waals surface area contributed by atoms with Gasteiger partial charge >= 0.3 is 0 Å². The summed E-state index contributed by atoms with van der Waals surface area (Å²) in [6.45, 7) is 4.10. The lowest BCUT2D eigenvalue weighted by Crippen LogP contribution is -2.50. The fraction of sp³-hybridized carbons (Fsp3) is 0.857. The Balaban J connectivity index is 3.73. The minimum atomic E-state index is -1.16. The molecule has 1 amide bonds. The molecule has 5 nitrogen and oxygen atoms in total. The van der Waals surface area contributed by atoms with Gasteiger partial charge in [0.05, 0.1) is 18.8 Å². The first-order valence-electron chi connectivity index (χ1n) is 17.1. The maximum absolute atomic E-state index is 12.3. The standard InChI is InChI=1S/C35H67NO4/c1-3-5-7-9-11-13-14-15-16-17-18-19-20-22-24-26-28-30-34(39)36-32(31-37)35(40)33(38)29-27-25-23-21-12-10-8-6-4-2/h15-16,21,23,32-33,35,37-38,40H,3-14,17-20,22,24-31H2,1-2H3,(H,36,39)/b16-15-,23-21+. The van der Waals surface area contributed by atoms with E-state index in [0.717, 1.165) is 38.5 Å². The number of carbonyl (C=O) groups is 1. The molecule has 0 heterocycles. The molecule has 0 aromatic carbocycles. The van der Waals surface area contributed by atoms with Crippen molar-refractivity contribution >= 4 is 5.91 Å². The van der Waals surface area contributed by atoms with Gasteiger partial charge in [-0.1, -0.05) is 122 Å². The van der Waals surface area contributed by atoms with Crippen molar-refractivity contribution in [3.05, 3.63) is 24.3 Å². The van der Waals surface area contributed by atoms with E-state index in [4.69, 9.17) is 0 Å². The van der Waals surface area contributed by atoms with Crippen molar-refractivity contribution in [3.63, 3.8) is 0 Å². The molecule has 0 aromatic rings. The van der Waals surface area contributed by atoms with Crippen molar-refractivity contribution in [2.45, 2.75) is 186 Å². The van der Waals surface area contributed by atoms with Crippen LogP contribution in [0.25, 0.3) is 0 Å². The molecule has 0 fully saturated rings. The molecule has 5 heteroatoms. The monoisotopic (exact) mass is 566 g/mol. The zero-order chi connectivity index (χ0) is 29.5. The fourth-order valence-corrected chi connectivity index (χ4v) is 5.04. The Kier molecular flexibility index (Phi) is 29.9. The Morgan fingerprint density at radius 2 is 1.00 bits per heavy atom. The van der Waals surface area contributed by atoms with E-state index in [-0.39, 0.29) is 12.5 Å². The summed E-state index contributed by atoms with van der Waals surface area (Å²) in [5, 5.41) is 33.1. The highest BCUT2D eigenvalue weighted by molar-refractivity contribution is 5.76. The molecule has 0 radical (unpaired) electrons. The Labute approximate surface area is 248 Å². The van der Waals surface area contributed by atoms with E-state index >= 15 is 0 Å². The van der Waals surface area contributed by atoms with Crippen molar-refractivity contribution < 1.29 is 20.1 Å². The highest BCUT2D eigenvalue weighted by atomic mass is 16.3. The largest absolute Gasteiger partial charge is 0.394 e. The second-order valence-electron chi connectivity index (χ2n) is 11.7. The summed E-state index contributed by atoms with van der Waals surface area (Å²) in [7, 11) is 0. The summed E-state index contributed by atoms with van der Waals surface area (Å²) in [5.41, 5.74) is 0. The van der Waals surface area contributed by atoms with Gasteiger partial charge in [-0.2, -0.15) is 0 Å². The van der Waals surface area contributed by atoms with Crippen LogP contribution in [0.1, 0.15) is 168 Å². The first-order chi connectivity index (χ1) is 19.6. The quantitative estimate of drug-likeness (QED) is 0.0518. The van der Waals surface area contributed by atoms with Crippen LogP contribution in [-0.4, -0.2) is 46.1 Å². The zero-order valence-electron chi connectivity index (χ0n) is 26.5. The minimum absolute atomic E-state index is 0.163. The molecule has 3 atom stereocenters. The number of amides is 1. The van der Waals surface area contributed by atoms with Crippen molar-refractivity contribution in [2.24, 2.45) is 0 Å². The highest BCUT2D eigenvalue weighted by Gasteiger charge is 2.26. The van der Waals surface area contributed by atoms with Crippen LogP contribution in [0.3, 0.4) is 0 Å². The Bertz CT molecular complexity index is 592. The van der Waals surface area contributed by atoms with Crippen LogP contribution in [-0.2, 0) is 4.79 Å². The molecule has 0 aliphatic heterocycles. The summed E-state index contributed by atoms with van der Waals surface area (Å²) < 4.78 is 0. The lowest BCUT2D eigenvalue weighted by Gasteiger charge is -2.26. The van der Waals surface area contributed by atoms with Crippen molar-refractivity contribution in [1.82, 2.24) is 5.32 Å². The molecule has 236 valence electrons. The number of aliphatic hydroxyl groups is 3. The summed E-state index contributed by atoms with van der Waals surface area (Å²) in [5.74, 6) is -0.163. The maximum atomic E-state index is 12.3. The molecule has 0 aliphatic carbocycles. The van der Waals surface area contributed by atoms with Gasteiger partial charge in [0.1, 0.15) is 6.10 Å². The van der Waals surface area contributed by atoms with Gasteiger partial charge in [0.2, 0.25) is 5.91 Å². The molecule has 0 aromatic heterocycles. The molecular weight excluding hydrogens is 498 g/mol.